The average Bonchev–Trinajstić information content (AvgIpc) is 3.02. The fraction of sp³-hybridized carbons (Fsp3) is 0.643. The number of hydrogen-bond acceptors (Lipinski definition) is 3. The van der Waals surface area contributed by atoms with Gasteiger partial charge in [0.25, 0.3) is 0 Å². The van der Waals surface area contributed by atoms with E-state index in [1.54, 1.807) is 12.3 Å². The van der Waals surface area contributed by atoms with Crippen molar-refractivity contribution in [2.45, 2.75) is 57.4 Å². The second-order valence-corrected chi connectivity index (χ2v) is 6.53. The largest absolute Gasteiger partial charge is 0.494 e. The predicted octanol–water partition coefficient (Wildman–Crippen LogP) is 2.34. The van der Waals surface area contributed by atoms with Gasteiger partial charge in [-0.15, -0.1) is 0 Å². The smallest absolute Gasteiger partial charge is 0.399 e. The first-order valence-corrected chi connectivity index (χ1v) is 6.75. The van der Waals surface area contributed by atoms with Gasteiger partial charge < -0.3 is 9.31 Å². The molecule has 1 aromatic heterocycles. The second kappa shape index (κ2) is 3.80. The zero-order valence-corrected chi connectivity index (χ0v) is 11.9. The van der Waals surface area contributed by atoms with Gasteiger partial charge in [0.05, 0.1) is 16.9 Å². The Morgan fingerprint density at radius 1 is 1.16 bits per heavy atom. The number of alkyl halides is 1. The average molecular weight is 263 g/mol. The van der Waals surface area contributed by atoms with E-state index in [1.165, 1.54) is 0 Å². The molecule has 3 nitrogen and oxygen atoms in total. The van der Waals surface area contributed by atoms with Crippen LogP contribution in [0.4, 0.5) is 4.39 Å². The summed E-state index contributed by atoms with van der Waals surface area (Å²) in [6.45, 7) is 8.03. The van der Waals surface area contributed by atoms with Gasteiger partial charge in [-0.1, -0.05) is 0 Å². The van der Waals surface area contributed by atoms with Gasteiger partial charge in [0.15, 0.2) is 5.67 Å². The van der Waals surface area contributed by atoms with Crippen molar-refractivity contribution in [1.29, 1.82) is 0 Å². The molecule has 0 spiro atoms. The summed E-state index contributed by atoms with van der Waals surface area (Å²) in [5, 5.41) is 0. The van der Waals surface area contributed by atoms with Crippen molar-refractivity contribution >= 4 is 12.6 Å². The summed E-state index contributed by atoms with van der Waals surface area (Å²) in [5.74, 6) is 0. The van der Waals surface area contributed by atoms with Crippen LogP contribution in [-0.2, 0) is 15.0 Å². The highest BCUT2D eigenvalue weighted by molar-refractivity contribution is 6.62. The molecule has 0 radical (unpaired) electrons. The topological polar surface area (TPSA) is 31.4 Å². The quantitative estimate of drug-likeness (QED) is 0.767. The van der Waals surface area contributed by atoms with Crippen molar-refractivity contribution in [1.82, 2.24) is 4.98 Å². The molecule has 0 N–H and O–H groups in total. The van der Waals surface area contributed by atoms with Gasteiger partial charge in [-0.3, -0.25) is 4.98 Å². The highest BCUT2D eigenvalue weighted by Gasteiger charge is 2.52. The predicted molar refractivity (Wildman–Crippen MR) is 72.0 cm³/mol. The van der Waals surface area contributed by atoms with Gasteiger partial charge in [0, 0.05) is 6.20 Å². The number of pyridine rings is 1. The first-order valence-electron chi connectivity index (χ1n) is 6.75. The fourth-order valence-electron chi connectivity index (χ4n) is 2.18. The van der Waals surface area contributed by atoms with E-state index in [1.807, 2.05) is 33.8 Å². The van der Waals surface area contributed by atoms with E-state index in [4.69, 9.17) is 9.31 Å². The van der Waals surface area contributed by atoms with Crippen LogP contribution in [0, 0.1) is 0 Å². The third kappa shape index (κ3) is 2.09. The molecular weight excluding hydrogens is 244 g/mol. The number of hydrogen-bond donors (Lipinski definition) is 0. The molecule has 3 rings (SSSR count). The Morgan fingerprint density at radius 2 is 1.74 bits per heavy atom. The molecular formula is C14H19BFNO2. The maximum Gasteiger partial charge on any atom is 0.494 e. The van der Waals surface area contributed by atoms with Gasteiger partial charge in [-0.2, -0.15) is 0 Å². The molecule has 0 amide bonds. The summed E-state index contributed by atoms with van der Waals surface area (Å²) in [4.78, 5) is 4.13. The minimum Gasteiger partial charge on any atom is -0.399 e. The number of halogens is 1. The zero-order chi connectivity index (χ0) is 13.9. The van der Waals surface area contributed by atoms with Crippen molar-refractivity contribution in [3.8, 4) is 0 Å². The van der Waals surface area contributed by atoms with Gasteiger partial charge in [0.2, 0.25) is 0 Å². The molecule has 1 saturated heterocycles. The van der Waals surface area contributed by atoms with Crippen molar-refractivity contribution in [2.24, 2.45) is 0 Å². The summed E-state index contributed by atoms with van der Waals surface area (Å²) >= 11 is 0. The molecule has 19 heavy (non-hydrogen) atoms. The lowest BCUT2D eigenvalue weighted by atomic mass is 9.79. The van der Waals surface area contributed by atoms with Gasteiger partial charge in [-0.05, 0) is 58.1 Å². The molecule has 1 aliphatic heterocycles. The van der Waals surface area contributed by atoms with Crippen molar-refractivity contribution < 1.29 is 13.7 Å². The Kier molecular flexibility index (Phi) is 2.61. The normalized spacial score (nSPS) is 26.5. The Bertz CT molecular complexity index is 498. The SMILES string of the molecule is CC1(C)OB(c2ccnc(C3(F)CC3)c2)OC1(C)C. The maximum atomic E-state index is 14.1. The van der Waals surface area contributed by atoms with Crippen LogP contribution in [-0.4, -0.2) is 23.3 Å². The summed E-state index contributed by atoms with van der Waals surface area (Å²) in [6, 6.07) is 3.60. The third-order valence-corrected chi connectivity index (χ3v) is 4.46. The van der Waals surface area contributed by atoms with Crippen LogP contribution in [0.5, 0.6) is 0 Å². The molecule has 5 heteroatoms. The molecule has 2 aliphatic rings. The standard InChI is InChI=1S/C14H19BFNO2/c1-12(2)13(3,4)19-15(18-12)10-5-8-17-11(9-10)14(16)6-7-14/h5,8-9H,6-7H2,1-4H3. The van der Waals surface area contributed by atoms with Crippen LogP contribution < -0.4 is 5.46 Å². The highest BCUT2D eigenvalue weighted by atomic mass is 19.1. The summed E-state index contributed by atoms with van der Waals surface area (Å²) in [6.07, 6.45) is 2.76. The first kappa shape index (κ1) is 13.1. The molecule has 0 atom stereocenters. The molecule has 0 bridgehead atoms. The molecule has 1 saturated carbocycles. The lowest BCUT2D eigenvalue weighted by molar-refractivity contribution is 0.00578. The Morgan fingerprint density at radius 3 is 2.26 bits per heavy atom. The molecule has 0 aromatic carbocycles. The lowest BCUT2D eigenvalue weighted by Crippen LogP contribution is -2.41. The number of rotatable bonds is 2. The Balaban J connectivity index is 1.88. The summed E-state index contributed by atoms with van der Waals surface area (Å²) in [7, 11) is -0.450. The Hall–Kier alpha value is -0.935. The monoisotopic (exact) mass is 263 g/mol. The molecule has 102 valence electrons. The summed E-state index contributed by atoms with van der Waals surface area (Å²) in [5.41, 5.74) is -0.644. The minimum atomic E-state index is -1.22. The molecule has 1 aromatic rings. The first-order chi connectivity index (χ1) is 8.74. The van der Waals surface area contributed by atoms with E-state index in [-0.39, 0.29) is 11.2 Å². The number of aromatic nitrogens is 1. The van der Waals surface area contributed by atoms with Crippen LogP contribution in [0.25, 0.3) is 0 Å². The van der Waals surface area contributed by atoms with Crippen LogP contribution in [0.3, 0.4) is 0 Å². The summed E-state index contributed by atoms with van der Waals surface area (Å²) < 4.78 is 26.0. The highest BCUT2D eigenvalue weighted by Crippen LogP contribution is 2.48. The van der Waals surface area contributed by atoms with Crippen LogP contribution in [0.15, 0.2) is 18.3 Å². The number of nitrogens with zero attached hydrogens (tertiary/aromatic N) is 1. The van der Waals surface area contributed by atoms with E-state index < -0.39 is 12.8 Å². The van der Waals surface area contributed by atoms with Crippen LogP contribution in [0.2, 0.25) is 0 Å². The van der Waals surface area contributed by atoms with E-state index in [0.29, 0.717) is 18.5 Å². The maximum absolute atomic E-state index is 14.1. The van der Waals surface area contributed by atoms with Crippen LogP contribution in [0.1, 0.15) is 46.2 Å². The van der Waals surface area contributed by atoms with Crippen molar-refractivity contribution in [3.63, 3.8) is 0 Å². The zero-order valence-electron chi connectivity index (χ0n) is 11.9. The molecule has 2 fully saturated rings. The van der Waals surface area contributed by atoms with Crippen molar-refractivity contribution in [2.75, 3.05) is 0 Å². The third-order valence-electron chi connectivity index (χ3n) is 4.46. The van der Waals surface area contributed by atoms with E-state index in [9.17, 15) is 4.39 Å². The van der Waals surface area contributed by atoms with E-state index >= 15 is 0 Å². The van der Waals surface area contributed by atoms with E-state index in [2.05, 4.69) is 4.98 Å². The van der Waals surface area contributed by atoms with Gasteiger partial charge in [-0.25, -0.2) is 4.39 Å². The van der Waals surface area contributed by atoms with Gasteiger partial charge >= 0.3 is 7.12 Å². The van der Waals surface area contributed by atoms with E-state index in [0.717, 1.165) is 5.46 Å². The Labute approximate surface area is 113 Å². The molecule has 2 heterocycles. The lowest BCUT2D eigenvalue weighted by Gasteiger charge is -2.32. The van der Waals surface area contributed by atoms with Crippen LogP contribution >= 0.6 is 0 Å². The van der Waals surface area contributed by atoms with Gasteiger partial charge in [0.1, 0.15) is 0 Å². The fourth-order valence-corrected chi connectivity index (χ4v) is 2.18. The van der Waals surface area contributed by atoms with Crippen molar-refractivity contribution in [3.05, 3.63) is 24.0 Å². The second-order valence-electron chi connectivity index (χ2n) is 6.53. The minimum absolute atomic E-state index is 0.381. The molecule has 0 unspecified atom stereocenters. The molecule has 1 aliphatic carbocycles.